The van der Waals surface area contributed by atoms with Gasteiger partial charge in [0.15, 0.2) is 11.6 Å². The molecule has 0 saturated heterocycles. The zero-order valence-electron chi connectivity index (χ0n) is 7.90. The van der Waals surface area contributed by atoms with Gasteiger partial charge in [0.2, 0.25) is 0 Å². The van der Waals surface area contributed by atoms with E-state index in [0.29, 0.717) is 5.03 Å². The molecule has 2 rings (SSSR count). The first-order valence-electron chi connectivity index (χ1n) is 4.19. The van der Waals surface area contributed by atoms with Gasteiger partial charge in [-0.15, -0.1) is 24.0 Å². The third kappa shape index (κ3) is 2.13. The van der Waals surface area contributed by atoms with Crippen LogP contribution in [0.1, 0.15) is 0 Å². The van der Waals surface area contributed by atoms with Crippen molar-refractivity contribution >= 4 is 24.0 Å². The number of rotatable bonds is 2. The van der Waals surface area contributed by atoms with Crippen LogP contribution in [0.5, 0.6) is 5.75 Å². The molecule has 5 heteroatoms. The van der Waals surface area contributed by atoms with Crippen LogP contribution in [0.15, 0.2) is 28.6 Å². The second kappa shape index (κ2) is 4.20. The van der Waals surface area contributed by atoms with E-state index in [4.69, 9.17) is 4.74 Å². The topological polar surface area (TPSA) is 22.1 Å². The number of thiol groups is 1. The maximum absolute atomic E-state index is 13.4. The SMILES string of the molecule is COc1ccc(-c2nc(S)cs2)cc1F. The Morgan fingerprint density at radius 1 is 1.47 bits per heavy atom. The molecule has 0 amide bonds. The zero-order chi connectivity index (χ0) is 10.8. The molecule has 1 heterocycles. The van der Waals surface area contributed by atoms with E-state index >= 15 is 0 Å². The lowest BCUT2D eigenvalue weighted by molar-refractivity contribution is 0.386. The third-order valence-corrected chi connectivity index (χ3v) is 3.19. The fraction of sp³-hybridized carbons (Fsp3) is 0.100. The van der Waals surface area contributed by atoms with Crippen LogP contribution in [0, 0.1) is 5.82 Å². The molecule has 15 heavy (non-hydrogen) atoms. The van der Waals surface area contributed by atoms with Crippen molar-refractivity contribution in [3.63, 3.8) is 0 Å². The summed E-state index contributed by atoms with van der Waals surface area (Å²) in [5, 5.41) is 3.20. The van der Waals surface area contributed by atoms with Crippen LogP contribution >= 0.6 is 24.0 Å². The number of hydrogen-bond donors (Lipinski definition) is 1. The minimum absolute atomic E-state index is 0.237. The molecule has 0 aliphatic heterocycles. The summed E-state index contributed by atoms with van der Waals surface area (Å²) < 4.78 is 18.2. The van der Waals surface area contributed by atoms with Crippen molar-refractivity contribution in [1.82, 2.24) is 4.98 Å². The minimum Gasteiger partial charge on any atom is -0.494 e. The van der Waals surface area contributed by atoms with E-state index in [2.05, 4.69) is 17.6 Å². The Morgan fingerprint density at radius 2 is 2.27 bits per heavy atom. The van der Waals surface area contributed by atoms with Crippen LogP contribution in [0.4, 0.5) is 4.39 Å². The Bertz CT molecular complexity index is 484. The monoisotopic (exact) mass is 241 g/mol. The number of benzene rings is 1. The molecule has 1 aromatic carbocycles. The Balaban J connectivity index is 2.42. The summed E-state index contributed by atoms with van der Waals surface area (Å²) in [5.74, 6) is -0.146. The quantitative estimate of drug-likeness (QED) is 0.815. The molecular weight excluding hydrogens is 233 g/mol. The smallest absolute Gasteiger partial charge is 0.165 e. The molecule has 0 unspecified atom stereocenters. The highest BCUT2D eigenvalue weighted by Gasteiger charge is 2.07. The number of nitrogens with zero attached hydrogens (tertiary/aromatic N) is 1. The fourth-order valence-corrected chi connectivity index (χ4v) is 2.21. The van der Waals surface area contributed by atoms with Crippen LogP contribution in [-0.2, 0) is 0 Å². The molecule has 0 aliphatic carbocycles. The van der Waals surface area contributed by atoms with E-state index in [1.54, 1.807) is 17.5 Å². The van der Waals surface area contributed by atoms with Crippen molar-refractivity contribution in [2.45, 2.75) is 5.03 Å². The van der Waals surface area contributed by atoms with Gasteiger partial charge in [0.25, 0.3) is 0 Å². The lowest BCUT2D eigenvalue weighted by atomic mass is 10.2. The highest BCUT2D eigenvalue weighted by Crippen LogP contribution is 2.28. The molecule has 1 aromatic heterocycles. The standard InChI is InChI=1S/C10H8FNOS2/c1-13-8-3-2-6(4-7(8)11)10-12-9(14)5-15-10/h2-5,14H,1H3. The van der Waals surface area contributed by atoms with Gasteiger partial charge in [-0.05, 0) is 18.2 Å². The van der Waals surface area contributed by atoms with Gasteiger partial charge in [0, 0.05) is 10.9 Å². The average Bonchev–Trinajstić information content (AvgIpc) is 2.65. The fourth-order valence-electron chi connectivity index (χ4n) is 1.20. The Hall–Kier alpha value is -1.07. The number of thiazole rings is 1. The zero-order valence-corrected chi connectivity index (χ0v) is 9.61. The molecule has 0 N–H and O–H groups in total. The molecular formula is C10H8FNOS2. The maximum atomic E-state index is 13.4. The summed E-state index contributed by atoms with van der Waals surface area (Å²) in [6.45, 7) is 0. The summed E-state index contributed by atoms with van der Waals surface area (Å²) in [4.78, 5) is 4.15. The summed E-state index contributed by atoms with van der Waals surface area (Å²) in [5.41, 5.74) is 0.735. The van der Waals surface area contributed by atoms with E-state index in [1.807, 2.05) is 0 Å². The second-order valence-corrected chi connectivity index (χ2v) is 4.18. The molecule has 0 bridgehead atoms. The molecule has 0 aliphatic rings. The first-order chi connectivity index (χ1) is 7.20. The van der Waals surface area contributed by atoms with Gasteiger partial charge >= 0.3 is 0 Å². The minimum atomic E-state index is -0.383. The predicted molar refractivity (Wildman–Crippen MR) is 61.3 cm³/mol. The van der Waals surface area contributed by atoms with Crippen molar-refractivity contribution < 1.29 is 9.13 Å². The first-order valence-corrected chi connectivity index (χ1v) is 5.52. The Kier molecular flexibility index (Phi) is 2.93. The third-order valence-electron chi connectivity index (χ3n) is 1.89. The number of halogens is 1. The molecule has 0 atom stereocenters. The first kappa shape index (κ1) is 10.4. The highest BCUT2D eigenvalue weighted by molar-refractivity contribution is 7.80. The Morgan fingerprint density at radius 3 is 2.80 bits per heavy atom. The van der Waals surface area contributed by atoms with E-state index in [0.717, 1.165) is 10.6 Å². The number of ether oxygens (including phenoxy) is 1. The maximum Gasteiger partial charge on any atom is 0.165 e. The average molecular weight is 241 g/mol. The van der Waals surface area contributed by atoms with Gasteiger partial charge in [-0.2, -0.15) is 0 Å². The molecule has 0 spiro atoms. The molecule has 0 fully saturated rings. The van der Waals surface area contributed by atoms with Gasteiger partial charge in [-0.25, -0.2) is 9.37 Å². The number of hydrogen-bond acceptors (Lipinski definition) is 4. The van der Waals surface area contributed by atoms with E-state index in [1.165, 1.54) is 24.5 Å². The van der Waals surface area contributed by atoms with Gasteiger partial charge in [0.05, 0.1) is 7.11 Å². The summed E-state index contributed by atoms with van der Waals surface area (Å²) in [6, 6.07) is 4.77. The summed E-state index contributed by atoms with van der Waals surface area (Å²) >= 11 is 5.53. The van der Waals surface area contributed by atoms with Crippen LogP contribution in [-0.4, -0.2) is 12.1 Å². The predicted octanol–water partition coefficient (Wildman–Crippen LogP) is 3.25. The lowest BCUT2D eigenvalue weighted by Crippen LogP contribution is -1.88. The molecule has 0 saturated carbocycles. The second-order valence-electron chi connectivity index (χ2n) is 2.86. The van der Waals surface area contributed by atoms with Crippen LogP contribution in [0.25, 0.3) is 10.6 Å². The van der Waals surface area contributed by atoms with Gasteiger partial charge in [-0.1, -0.05) is 0 Å². The molecule has 0 radical (unpaired) electrons. The van der Waals surface area contributed by atoms with Gasteiger partial charge < -0.3 is 4.74 Å². The summed E-state index contributed by atoms with van der Waals surface area (Å²) in [7, 11) is 1.44. The van der Waals surface area contributed by atoms with Crippen molar-refractivity contribution in [2.75, 3.05) is 7.11 Å². The van der Waals surface area contributed by atoms with Crippen molar-refractivity contribution in [1.29, 1.82) is 0 Å². The molecule has 2 nitrogen and oxygen atoms in total. The lowest BCUT2D eigenvalue weighted by Gasteiger charge is -2.02. The van der Waals surface area contributed by atoms with E-state index < -0.39 is 0 Å². The van der Waals surface area contributed by atoms with Crippen LogP contribution < -0.4 is 4.74 Å². The largest absolute Gasteiger partial charge is 0.494 e. The van der Waals surface area contributed by atoms with E-state index in [-0.39, 0.29) is 11.6 Å². The molecule has 2 aromatic rings. The van der Waals surface area contributed by atoms with Crippen LogP contribution in [0.3, 0.4) is 0 Å². The van der Waals surface area contributed by atoms with E-state index in [9.17, 15) is 4.39 Å². The highest BCUT2D eigenvalue weighted by atomic mass is 32.1. The van der Waals surface area contributed by atoms with Gasteiger partial charge in [-0.3, -0.25) is 0 Å². The van der Waals surface area contributed by atoms with Crippen LogP contribution in [0.2, 0.25) is 0 Å². The summed E-state index contributed by atoms with van der Waals surface area (Å²) in [6.07, 6.45) is 0. The normalized spacial score (nSPS) is 10.3. The van der Waals surface area contributed by atoms with Crippen molar-refractivity contribution in [3.8, 4) is 16.3 Å². The number of methoxy groups -OCH3 is 1. The number of aromatic nitrogens is 1. The van der Waals surface area contributed by atoms with Crippen molar-refractivity contribution in [2.24, 2.45) is 0 Å². The molecule has 78 valence electrons. The van der Waals surface area contributed by atoms with Crippen molar-refractivity contribution in [3.05, 3.63) is 29.4 Å². The van der Waals surface area contributed by atoms with Gasteiger partial charge in [0.1, 0.15) is 10.0 Å². The Labute approximate surface area is 96.1 Å².